The van der Waals surface area contributed by atoms with Crippen LogP contribution in [0.5, 0.6) is 0 Å². The number of rotatable bonds is 6. The molecule has 4 heterocycles. The molecule has 4 aromatic heterocycles. The van der Waals surface area contributed by atoms with Gasteiger partial charge in [-0.05, 0) is 41.8 Å². The second kappa shape index (κ2) is 8.80. The molecule has 0 saturated carbocycles. The van der Waals surface area contributed by atoms with Gasteiger partial charge in [-0.3, -0.25) is 9.55 Å². The lowest BCUT2D eigenvalue weighted by atomic mass is 10.2. The van der Waals surface area contributed by atoms with E-state index in [0.717, 1.165) is 16.1 Å². The topological polar surface area (TPSA) is 82.5 Å². The Morgan fingerprint density at radius 3 is 2.77 bits per heavy atom. The molecule has 0 spiro atoms. The maximum Gasteiger partial charge on any atom is 0.268 e. The standard InChI is InChI=1S/C20H12Cl2N6OS2/c21-14-6-5-13(9-15(14)22)28-18(12-3-1-7-23-10-12)25-26-20(28)31-11-17-24-19(29-27-17)16-4-2-8-30-16/h1-10H,11H2. The molecule has 1 aromatic carbocycles. The summed E-state index contributed by atoms with van der Waals surface area (Å²) in [5.41, 5.74) is 1.61. The summed E-state index contributed by atoms with van der Waals surface area (Å²) < 4.78 is 7.28. The van der Waals surface area contributed by atoms with Gasteiger partial charge in [-0.1, -0.05) is 46.2 Å². The molecule has 0 bridgehead atoms. The van der Waals surface area contributed by atoms with Crippen molar-refractivity contribution in [2.24, 2.45) is 0 Å². The lowest BCUT2D eigenvalue weighted by Gasteiger charge is -2.10. The normalized spacial score (nSPS) is 11.2. The molecule has 0 N–H and O–H groups in total. The maximum absolute atomic E-state index is 6.27. The SMILES string of the molecule is Clc1ccc(-n2c(SCc3noc(-c4cccs4)n3)nnc2-c2cccnc2)cc1Cl. The number of benzene rings is 1. The van der Waals surface area contributed by atoms with Crippen molar-refractivity contribution in [1.29, 1.82) is 0 Å². The summed E-state index contributed by atoms with van der Waals surface area (Å²) in [7, 11) is 0. The molecular formula is C20H12Cl2N6OS2. The van der Waals surface area contributed by atoms with Crippen molar-refractivity contribution < 1.29 is 4.52 Å². The first-order valence-corrected chi connectivity index (χ1v) is 11.6. The number of aromatic nitrogens is 6. The first-order valence-electron chi connectivity index (χ1n) is 8.99. The van der Waals surface area contributed by atoms with Crippen LogP contribution in [-0.2, 0) is 5.75 Å². The molecule has 0 aliphatic rings. The average molecular weight is 487 g/mol. The zero-order valence-corrected chi connectivity index (χ0v) is 18.8. The van der Waals surface area contributed by atoms with Crippen molar-refractivity contribution in [2.75, 3.05) is 0 Å². The largest absolute Gasteiger partial charge is 0.333 e. The van der Waals surface area contributed by atoms with E-state index in [1.54, 1.807) is 35.9 Å². The number of thiophene rings is 1. The van der Waals surface area contributed by atoms with Gasteiger partial charge in [0.15, 0.2) is 16.8 Å². The van der Waals surface area contributed by atoms with Crippen LogP contribution in [0.1, 0.15) is 5.82 Å². The van der Waals surface area contributed by atoms with Gasteiger partial charge < -0.3 is 4.52 Å². The molecule has 0 aliphatic carbocycles. The third-order valence-electron chi connectivity index (χ3n) is 4.24. The molecular weight excluding hydrogens is 475 g/mol. The van der Waals surface area contributed by atoms with E-state index in [-0.39, 0.29) is 0 Å². The third-order valence-corrected chi connectivity index (χ3v) is 6.77. The van der Waals surface area contributed by atoms with E-state index in [9.17, 15) is 0 Å². The highest BCUT2D eigenvalue weighted by Gasteiger charge is 2.18. The van der Waals surface area contributed by atoms with Crippen molar-refractivity contribution in [3.05, 3.63) is 76.1 Å². The van der Waals surface area contributed by atoms with Crippen LogP contribution in [0, 0.1) is 0 Å². The van der Waals surface area contributed by atoms with Gasteiger partial charge in [-0.25, -0.2) is 0 Å². The monoisotopic (exact) mass is 486 g/mol. The van der Waals surface area contributed by atoms with E-state index >= 15 is 0 Å². The minimum absolute atomic E-state index is 0.444. The average Bonchev–Trinajstić information content (AvgIpc) is 3.55. The van der Waals surface area contributed by atoms with Gasteiger partial charge in [-0.2, -0.15) is 4.98 Å². The van der Waals surface area contributed by atoms with Crippen LogP contribution in [-0.4, -0.2) is 29.9 Å². The van der Waals surface area contributed by atoms with Crippen LogP contribution < -0.4 is 0 Å². The zero-order chi connectivity index (χ0) is 21.2. The van der Waals surface area contributed by atoms with E-state index in [1.165, 1.54) is 11.8 Å². The van der Waals surface area contributed by atoms with Gasteiger partial charge in [0, 0.05) is 18.0 Å². The van der Waals surface area contributed by atoms with Gasteiger partial charge >= 0.3 is 0 Å². The van der Waals surface area contributed by atoms with E-state index in [1.807, 2.05) is 40.3 Å². The molecule has 0 unspecified atom stereocenters. The molecule has 31 heavy (non-hydrogen) atoms. The second-order valence-electron chi connectivity index (χ2n) is 6.26. The molecule has 0 aliphatic heterocycles. The molecule has 154 valence electrons. The fraction of sp³-hybridized carbons (Fsp3) is 0.0500. The summed E-state index contributed by atoms with van der Waals surface area (Å²) in [5, 5.41) is 16.4. The summed E-state index contributed by atoms with van der Waals surface area (Å²) in [6, 6.07) is 13.0. The first-order chi connectivity index (χ1) is 15.2. The van der Waals surface area contributed by atoms with E-state index in [0.29, 0.717) is 38.5 Å². The highest BCUT2D eigenvalue weighted by molar-refractivity contribution is 7.98. The quantitative estimate of drug-likeness (QED) is 0.270. The molecule has 0 fully saturated rings. The van der Waals surface area contributed by atoms with Crippen LogP contribution in [0.2, 0.25) is 10.0 Å². The van der Waals surface area contributed by atoms with E-state index in [2.05, 4.69) is 25.3 Å². The number of pyridine rings is 1. The fourth-order valence-corrected chi connectivity index (χ4v) is 4.58. The highest BCUT2D eigenvalue weighted by atomic mass is 35.5. The Bertz CT molecular complexity index is 1320. The Hall–Kier alpha value is -2.72. The molecule has 5 aromatic rings. The summed E-state index contributed by atoms with van der Waals surface area (Å²) in [5.74, 6) is 2.18. The Morgan fingerprint density at radius 2 is 2.00 bits per heavy atom. The number of hydrogen-bond donors (Lipinski definition) is 0. The van der Waals surface area contributed by atoms with Gasteiger partial charge in [0.1, 0.15) is 0 Å². The third kappa shape index (κ3) is 4.22. The van der Waals surface area contributed by atoms with Crippen molar-refractivity contribution in [1.82, 2.24) is 29.9 Å². The number of thioether (sulfide) groups is 1. The molecule has 5 rings (SSSR count). The van der Waals surface area contributed by atoms with Crippen LogP contribution >= 0.6 is 46.3 Å². The van der Waals surface area contributed by atoms with Crippen LogP contribution in [0.25, 0.3) is 27.8 Å². The number of hydrogen-bond acceptors (Lipinski definition) is 8. The predicted molar refractivity (Wildman–Crippen MR) is 122 cm³/mol. The Kier molecular flexibility index (Phi) is 5.73. The predicted octanol–water partition coefficient (Wildman–Crippen LogP) is 6.04. The smallest absolute Gasteiger partial charge is 0.268 e. The molecule has 0 radical (unpaired) electrons. The Morgan fingerprint density at radius 1 is 1.06 bits per heavy atom. The molecule has 11 heteroatoms. The summed E-state index contributed by atoms with van der Waals surface area (Å²) in [6.07, 6.45) is 3.44. The Balaban J connectivity index is 1.48. The van der Waals surface area contributed by atoms with Crippen molar-refractivity contribution in [2.45, 2.75) is 10.9 Å². The minimum atomic E-state index is 0.444. The first kappa shape index (κ1) is 20.2. The molecule has 0 saturated heterocycles. The fourth-order valence-electron chi connectivity index (χ4n) is 2.84. The lowest BCUT2D eigenvalue weighted by Crippen LogP contribution is -2.00. The van der Waals surface area contributed by atoms with Gasteiger partial charge in [0.2, 0.25) is 0 Å². The van der Waals surface area contributed by atoms with E-state index < -0.39 is 0 Å². The van der Waals surface area contributed by atoms with Crippen LogP contribution in [0.3, 0.4) is 0 Å². The van der Waals surface area contributed by atoms with Gasteiger partial charge in [0.05, 0.1) is 26.4 Å². The summed E-state index contributed by atoms with van der Waals surface area (Å²) in [4.78, 5) is 9.59. The van der Waals surface area contributed by atoms with E-state index in [4.69, 9.17) is 27.7 Å². The molecule has 7 nitrogen and oxygen atoms in total. The summed E-state index contributed by atoms with van der Waals surface area (Å²) >= 11 is 15.4. The van der Waals surface area contributed by atoms with Crippen molar-refractivity contribution in [3.63, 3.8) is 0 Å². The Labute approximate surface area is 195 Å². The zero-order valence-electron chi connectivity index (χ0n) is 15.6. The summed E-state index contributed by atoms with van der Waals surface area (Å²) in [6.45, 7) is 0. The van der Waals surface area contributed by atoms with Crippen LogP contribution in [0.4, 0.5) is 0 Å². The van der Waals surface area contributed by atoms with Crippen molar-refractivity contribution in [3.8, 4) is 27.8 Å². The van der Waals surface area contributed by atoms with Gasteiger partial charge in [-0.15, -0.1) is 21.5 Å². The minimum Gasteiger partial charge on any atom is -0.333 e. The van der Waals surface area contributed by atoms with Crippen LogP contribution in [0.15, 0.2) is 69.9 Å². The second-order valence-corrected chi connectivity index (χ2v) is 8.97. The highest BCUT2D eigenvalue weighted by Crippen LogP contribution is 2.32. The van der Waals surface area contributed by atoms with Crippen molar-refractivity contribution >= 4 is 46.3 Å². The number of nitrogens with zero attached hydrogens (tertiary/aromatic N) is 6. The maximum atomic E-state index is 6.27. The molecule has 0 amide bonds. The van der Waals surface area contributed by atoms with Gasteiger partial charge in [0.25, 0.3) is 5.89 Å². The number of halogens is 2. The lowest BCUT2D eigenvalue weighted by molar-refractivity contribution is 0.426. The molecule has 0 atom stereocenters.